The fraction of sp³-hybridized carbons (Fsp3) is 0.0500. The standard InChI is InChI=1S/C40H29BN2Si.C40H31ClN2Si/c1-44(2)36-18-8-16-34-39(36)41-38-32(42(34)30-22-20-26-10-3-5-12-28(26)24-30)14-7-15-33(38)43(35-17-9-19-37(44)40(35)41)31-23-21-27-11-4-6-13-29(27)25-31;1-44(2)36-16-7-14-32(26-36)42(34-22-20-28-10-3-5-12-30(28)24-34)38-18-9-19-39(40(38)41)43(33-15-8-17-37(44)27-33)35-23-21-29-11-4-6-13-31(29)25-35/h3-25H,1-2H3;3-27H,1-2H3. The molecule has 6 bridgehead atoms. The lowest BCUT2D eigenvalue weighted by atomic mass is 9.33. The smallest absolute Gasteiger partial charge is 0.251 e. The summed E-state index contributed by atoms with van der Waals surface area (Å²) in [6.45, 7) is 10.2. The van der Waals surface area contributed by atoms with Gasteiger partial charge in [-0.15, -0.1) is 0 Å². The Labute approximate surface area is 521 Å². The van der Waals surface area contributed by atoms with E-state index in [4.69, 9.17) is 11.6 Å². The first-order chi connectivity index (χ1) is 43.1. The molecule has 0 saturated carbocycles. The van der Waals surface area contributed by atoms with Crippen LogP contribution in [0.5, 0.6) is 0 Å². The Bertz CT molecular complexity index is 4900. The molecule has 14 aromatic rings. The Hall–Kier alpha value is -9.89. The first-order valence-electron chi connectivity index (χ1n) is 30.6. The molecule has 0 fully saturated rings. The van der Waals surface area contributed by atoms with Crippen LogP contribution in [0, 0.1) is 0 Å². The lowest BCUT2D eigenvalue weighted by molar-refractivity contribution is 1.25. The number of benzene rings is 14. The average Bonchev–Trinajstić information content (AvgIpc) is 0.682. The summed E-state index contributed by atoms with van der Waals surface area (Å²) in [5, 5.41) is 16.5. The minimum absolute atomic E-state index is 0.215. The largest absolute Gasteiger partial charge is 0.311 e. The molecule has 0 N–H and O–H groups in total. The number of nitrogens with zero attached hydrogens (tertiary/aromatic N) is 4. The summed E-state index contributed by atoms with van der Waals surface area (Å²) in [7, 11) is -4.09. The highest BCUT2D eigenvalue weighted by Crippen LogP contribution is 2.49. The predicted molar refractivity (Wildman–Crippen MR) is 385 cm³/mol. The Kier molecular flexibility index (Phi) is 12.0. The summed E-state index contributed by atoms with van der Waals surface area (Å²) < 4.78 is 0. The van der Waals surface area contributed by atoms with Gasteiger partial charge in [0.1, 0.15) is 16.1 Å². The van der Waals surface area contributed by atoms with Gasteiger partial charge in [0, 0.05) is 56.9 Å². The van der Waals surface area contributed by atoms with Crippen molar-refractivity contribution < 1.29 is 0 Å². The summed E-state index contributed by atoms with van der Waals surface area (Å²) in [5.74, 6) is 0. The van der Waals surface area contributed by atoms with E-state index in [-0.39, 0.29) is 6.71 Å². The predicted octanol–water partition coefficient (Wildman–Crippen LogP) is 17.9. The van der Waals surface area contributed by atoms with Crippen LogP contribution in [0.25, 0.3) is 43.1 Å². The molecule has 0 aromatic heterocycles. The average molecular weight is 1180 g/mol. The van der Waals surface area contributed by atoms with Gasteiger partial charge in [0.2, 0.25) is 0 Å². The van der Waals surface area contributed by atoms with Crippen molar-refractivity contribution in [1.29, 1.82) is 0 Å². The minimum Gasteiger partial charge on any atom is -0.311 e. The molecular weight excluding hydrogens is 1120 g/mol. The summed E-state index contributed by atoms with van der Waals surface area (Å²) in [4.78, 5) is 9.73. The quantitative estimate of drug-likeness (QED) is 0.163. The first-order valence-corrected chi connectivity index (χ1v) is 37.0. The fourth-order valence-electron chi connectivity index (χ4n) is 15.0. The van der Waals surface area contributed by atoms with E-state index in [1.54, 1.807) is 10.4 Å². The van der Waals surface area contributed by atoms with Crippen molar-refractivity contribution >= 4 is 183 Å². The van der Waals surface area contributed by atoms with E-state index in [0.29, 0.717) is 5.02 Å². The van der Waals surface area contributed by atoms with Gasteiger partial charge < -0.3 is 19.6 Å². The molecule has 0 saturated heterocycles. The van der Waals surface area contributed by atoms with Crippen LogP contribution in [-0.2, 0) is 0 Å². The van der Waals surface area contributed by atoms with E-state index in [1.165, 1.54) is 104 Å². The second kappa shape index (κ2) is 20.1. The van der Waals surface area contributed by atoms with Crippen molar-refractivity contribution in [1.82, 2.24) is 0 Å². The summed E-state index contributed by atoms with van der Waals surface area (Å²) in [5.41, 5.74) is 18.3. The fourth-order valence-corrected chi connectivity index (χ4v) is 20.9. The van der Waals surface area contributed by atoms with Crippen molar-refractivity contribution in [3.63, 3.8) is 0 Å². The molecule has 0 radical (unpaired) electrons. The molecule has 0 aliphatic carbocycles. The highest BCUT2D eigenvalue weighted by Gasteiger charge is 2.51. The number of fused-ring (bicyclic) bond motifs is 10. The van der Waals surface area contributed by atoms with E-state index in [1.807, 2.05) is 0 Å². The molecule has 0 atom stereocenters. The zero-order valence-electron chi connectivity index (χ0n) is 49.5. The molecule has 18 rings (SSSR count). The van der Waals surface area contributed by atoms with Crippen molar-refractivity contribution in [2.24, 2.45) is 0 Å². The Morgan fingerprint density at radius 2 is 0.545 bits per heavy atom. The van der Waals surface area contributed by atoms with Gasteiger partial charge in [0.15, 0.2) is 0 Å². The zero-order valence-corrected chi connectivity index (χ0v) is 52.2. The Morgan fingerprint density at radius 3 is 0.920 bits per heavy atom. The first kappa shape index (κ1) is 52.4. The van der Waals surface area contributed by atoms with E-state index < -0.39 is 16.1 Å². The van der Waals surface area contributed by atoms with Gasteiger partial charge in [-0.25, -0.2) is 0 Å². The molecular formula is C80H60BClN4Si2. The maximum absolute atomic E-state index is 7.57. The molecule has 4 nitrogen and oxygen atoms in total. The van der Waals surface area contributed by atoms with Gasteiger partial charge in [-0.3, -0.25) is 0 Å². The van der Waals surface area contributed by atoms with E-state index in [2.05, 4.69) is 337 Å². The van der Waals surface area contributed by atoms with Crippen LogP contribution in [-0.4, -0.2) is 22.9 Å². The van der Waals surface area contributed by atoms with Gasteiger partial charge in [-0.2, -0.15) is 0 Å². The second-order valence-electron chi connectivity index (χ2n) is 25.0. The van der Waals surface area contributed by atoms with Gasteiger partial charge in [-0.05, 0) is 169 Å². The van der Waals surface area contributed by atoms with Crippen molar-refractivity contribution in [2.75, 3.05) is 19.6 Å². The number of rotatable bonds is 4. The molecule has 14 aromatic carbocycles. The van der Waals surface area contributed by atoms with Crippen molar-refractivity contribution in [3.05, 3.63) is 296 Å². The molecule has 4 aliphatic rings. The normalized spacial score (nSPS) is 14.5. The molecule has 0 amide bonds. The van der Waals surface area contributed by atoms with Gasteiger partial charge in [-0.1, -0.05) is 241 Å². The third kappa shape index (κ3) is 8.11. The minimum atomic E-state index is -2.08. The molecule has 4 heterocycles. The monoisotopic (exact) mass is 1180 g/mol. The van der Waals surface area contributed by atoms with Gasteiger partial charge >= 0.3 is 0 Å². The maximum Gasteiger partial charge on any atom is 0.251 e. The number of hydrogen-bond acceptors (Lipinski definition) is 4. The van der Waals surface area contributed by atoms with Gasteiger partial charge in [0.05, 0.1) is 16.4 Å². The van der Waals surface area contributed by atoms with Crippen LogP contribution in [0.2, 0.25) is 31.2 Å². The summed E-state index contributed by atoms with van der Waals surface area (Å²) in [6, 6.07) is 107. The van der Waals surface area contributed by atoms with Crippen LogP contribution < -0.4 is 56.7 Å². The molecule has 0 spiro atoms. The highest BCUT2D eigenvalue weighted by molar-refractivity contribution is 7.16. The topological polar surface area (TPSA) is 13.0 Å². The molecule has 8 heteroatoms. The Morgan fingerprint density at radius 1 is 0.250 bits per heavy atom. The Balaban J connectivity index is 0.000000137. The lowest BCUT2D eigenvalue weighted by Crippen LogP contribution is -2.79. The van der Waals surface area contributed by atoms with Crippen molar-refractivity contribution in [2.45, 2.75) is 26.2 Å². The van der Waals surface area contributed by atoms with Crippen LogP contribution in [0.4, 0.5) is 68.2 Å². The van der Waals surface area contributed by atoms with Crippen LogP contribution in [0.3, 0.4) is 0 Å². The number of hydrogen-bond donors (Lipinski definition) is 0. The second-order valence-corrected chi connectivity index (χ2v) is 34.2. The lowest BCUT2D eigenvalue weighted by Gasteiger charge is -2.49. The van der Waals surface area contributed by atoms with E-state index in [9.17, 15) is 0 Å². The molecule has 418 valence electrons. The number of anilines is 12. The third-order valence-electron chi connectivity index (χ3n) is 19.5. The van der Waals surface area contributed by atoms with E-state index in [0.717, 1.165) is 34.1 Å². The third-order valence-corrected chi connectivity index (χ3v) is 26.9. The van der Waals surface area contributed by atoms with Gasteiger partial charge in [0.25, 0.3) is 6.71 Å². The van der Waals surface area contributed by atoms with E-state index >= 15 is 0 Å². The SMILES string of the molecule is C[Si]1(C)c2cccc(c2)N(c2ccc3ccccc3c2)c2cccc(c2Cl)N(c2ccc3ccccc3c2)c2cccc1c2.C[Si]1(C)c2cccc3c2B2c4c(cccc4N(c4ccc5ccccc5c4)c4cccc1c42)N3c1ccc2ccccc2c1. The summed E-state index contributed by atoms with van der Waals surface area (Å²) >= 11 is 7.57. The maximum atomic E-state index is 7.57. The molecule has 88 heavy (non-hydrogen) atoms. The van der Waals surface area contributed by atoms with Crippen LogP contribution in [0.15, 0.2) is 291 Å². The van der Waals surface area contributed by atoms with Crippen LogP contribution in [0.1, 0.15) is 0 Å². The summed E-state index contributed by atoms with van der Waals surface area (Å²) in [6.07, 6.45) is 0. The molecule has 4 aliphatic heterocycles. The highest BCUT2D eigenvalue weighted by atomic mass is 35.5. The van der Waals surface area contributed by atoms with Crippen LogP contribution >= 0.6 is 11.6 Å². The zero-order chi connectivity index (χ0) is 59.0. The molecule has 0 unspecified atom stereocenters. The van der Waals surface area contributed by atoms with Crippen molar-refractivity contribution in [3.8, 4) is 0 Å². The number of halogens is 1.